The van der Waals surface area contributed by atoms with Gasteiger partial charge < -0.3 is 14.5 Å². The average Bonchev–Trinajstić information content (AvgIpc) is 3.22. The minimum atomic E-state index is 0.0959. The standard InChI is InChI=1S/C20H26N4O2/c1-22-15-18(14-21-22)20(25)24-8-2-7-23(10-11-24)9-5-16-3-4-19-17(13-16)6-12-26-19/h3-4,13-15H,2,5-12H2,1H3. The molecule has 1 aromatic heterocycles. The van der Waals surface area contributed by atoms with Crippen molar-refractivity contribution in [3.05, 3.63) is 47.3 Å². The third kappa shape index (κ3) is 3.75. The Balaban J connectivity index is 1.30. The highest BCUT2D eigenvalue weighted by atomic mass is 16.5. The Labute approximate surface area is 154 Å². The van der Waals surface area contributed by atoms with Gasteiger partial charge in [-0.2, -0.15) is 5.10 Å². The van der Waals surface area contributed by atoms with Crippen LogP contribution in [-0.2, 0) is 19.9 Å². The van der Waals surface area contributed by atoms with Crippen molar-refractivity contribution in [3.63, 3.8) is 0 Å². The number of hydrogen-bond acceptors (Lipinski definition) is 4. The molecule has 138 valence electrons. The van der Waals surface area contributed by atoms with Crippen molar-refractivity contribution < 1.29 is 9.53 Å². The van der Waals surface area contributed by atoms with Crippen LogP contribution in [-0.4, -0.2) is 64.8 Å². The number of fused-ring (bicyclic) bond motifs is 1. The molecule has 0 bridgehead atoms. The van der Waals surface area contributed by atoms with Gasteiger partial charge in [0.2, 0.25) is 0 Å². The number of aromatic nitrogens is 2. The number of benzene rings is 1. The van der Waals surface area contributed by atoms with Crippen LogP contribution >= 0.6 is 0 Å². The summed E-state index contributed by atoms with van der Waals surface area (Å²) in [5.41, 5.74) is 3.40. The van der Waals surface area contributed by atoms with Crippen LogP contribution in [0, 0.1) is 0 Å². The molecule has 2 aliphatic rings. The van der Waals surface area contributed by atoms with Gasteiger partial charge in [-0.05, 0) is 36.6 Å². The second kappa shape index (κ2) is 7.50. The lowest BCUT2D eigenvalue weighted by Crippen LogP contribution is -2.35. The zero-order valence-corrected chi connectivity index (χ0v) is 15.4. The van der Waals surface area contributed by atoms with Gasteiger partial charge in [0, 0.05) is 45.8 Å². The van der Waals surface area contributed by atoms with E-state index in [4.69, 9.17) is 4.74 Å². The molecule has 1 saturated heterocycles. The minimum absolute atomic E-state index is 0.0959. The van der Waals surface area contributed by atoms with Crippen molar-refractivity contribution in [2.75, 3.05) is 39.3 Å². The summed E-state index contributed by atoms with van der Waals surface area (Å²) in [6, 6.07) is 6.58. The van der Waals surface area contributed by atoms with E-state index >= 15 is 0 Å². The molecule has 0 atom stereocenters. The highest BCUT2D eigenvalue weighted by Gasteiger charge is 2.21. The molecule has 6 heteroatoms. The quantitative estimate of drug-likeness (QED) is 0.839. The summed E-state index contributed by atoms with van der Waals surface area (Å²) >= 11 is 0. The first-order valence-corrected chi connectivity index (χ1v) is 9.44. The Kier molecular flexibility index (Phi) is 4.93. The predicted octanol–water partition coefficient (Wildman–Crippen LogP) is 1.75. The number of carbonyl (C=O) groups is 1. The van der Waals surface area contributed by atoms with E-state index in [0.717, 1.165) is 64.3 Å². The van der Waals surface area contributed by atoms with Crippen molar-refractivity contribution in [3.8, 4) is 5.75 Å². The van der Waals surface area contributed by atoms with Gasteiger partial charge in [0.05, 0.1) is 18.4 Å². The molecule has 3 heterocycles. The van der Waals surface area contributed by atoms with Crippen LogP contribution in [0.25, 0.3) is 0 Å². The highest BCUT2D eigenvalue weighted by Crippen LogP contribution is 2.26. The maximum absolute atomic E-state index is 12.6. The fourth-order valence-corrected chi connectivity index (χ4v) is 3.79. The van der Waals surface area contributed by atoms with Gasteiger partial charge in [-0.1, -0.05) is 12.1 Å². The maximum atomic E-state index is 12.6. The molecule has 0 spiro atoms. The Morgan fingerprint density at radius 3 is 3.00 bits per heavy atom. The summed E-state index contributed by atoms with van der Waals surface area (Å²) in [4.78, 5) is 17.0. The smallest absolute Gasteiger partial charge is 0.257 e. The molecule has 1 amide bonds. The summed E-state index contributed by atoms with van der Waals surface area (Å²) in [5, 5.41) is 4.11. The van der Waals surface area contributed by atoms with Crippen LogP contribution in [0.4, 0.5) is 0 Å². The van der Waals surface area contributed by atoms with E-state index in [9.17, 15) is 4.79 Å². The molecule has 0 N–H and O–H groups in total. The molecule has 0 radical (unpaired) electrons. The summed E-state index contributed by atoms with van der Waals surface area (Å²) in [7, 11) is 1.84. The summed E-state index contributed by atoms with van der Waals surface area (Å²) in [5.74, 6) is 1.15. The minimum Gasteiger partial charge on any atom is -0.493 e. The fourth-order valence-electron chi connectivity index (χ4n) is 3.79. The Hall–Kier alpha value is -2.34. The lowest BCUT2D eigenvalue weighted by atomic mass is 10.1. The third-order valence-electron chi connectivity index (χ3n) is 5.30. The molecule has 1 aromatic carbocycles. The average molecular weight is 354 g/mol. The molecule has 6 nitrogen and oxygen atoms in total. The van der Waals surface area contributed by atoms with E-state index < -0.39 is 0 Å². The van der Waals surface area contributed by atoms with Gasteiger partial charge in [0.25, 0.3) is 5.91 Å². The van der Waals surface area contributed by atoms with E-state index in [2.05, 4.69) is 28.2 Å². The van der Waals surface area contributed by atoms with E-state index in [-0.39, 0.29) is 5.91 Å². The topological polar surface area (TPSA) is 50.6 Å². The van der Waals surface area contributed by atoms with E-state index in [0.29, 0.717) is 5.56 Å². The van der Waals surface area contributed by atoms with Crippen LogP contribution < -0.4 is 4.74 Å². The number of carbonyl (C=O) groups excluding carboxylic acids is 1. The van der Waals surface area contributed by atoms with Crippen molar-refractivity contribution in [1.29, 1.82) is 0 Å². The molecule has 4 rings (SSSR count). The van der Waals surface area contributed by atoms with Gasteiger partial charge >= 0.3 is 0 Å². The van der Waals surface area contributed by atoms with Gasteiger partial charge in [0.15, 0.2) is 0 Å². The van der Waals surface area contributed by atoms with E-state index in [1.54, 1.807) is 17.1 Å². The molecular formula is C20H26N4O2. The number of rotatable bonds is 4. The lowest BCUT2D eigenvalue weighted by molar-refractivity contribution is 0.0761. The van der Waals surface area contributed by atoms with Crippen molar-refractivity contribution in [1.82, 2.24) is 19.6 Å². The van der Waals surface area contributed by atoms with Crippen LogP contribution in [0.5, 0.6) is 5.75 Å². The monoisotopic (exact) mass is 354 g/mol. The van der Waals surface area contributed by atoms with Crippen molar-refractivity contribution >= 4 is 5.91 Å². The molecule has 0 unspecified atom stereocenters. The molecule has 2 aromatic rings. The number of amides is 1. The van der Waals surface area contributed by atoms with Crippen molar-refractivity contribution in [2.45, 2.75) is 19.3 Å². The Morgan fingerprint density at radius 2 is 2.15 bits per heavy atom. The van der Waals surface area contributed by atoms with E-state index in [1.807, 2.05) is 11.9 Å². The third-order valence-corrected chi connectivity index (χ3v) is 5.30. The SMILES string of the molecule is Cn1cc(C(=O)N2CCCN(CCc3ccc4c(c3)CCO4)CC2)cn1. The molecule has 26 heavy (non-hydrogen) atoms. The zero-order valence-electron chi connectivity index (χ0n) is 15.4. The van der Waals surface area contributed by atoms with Crippen LogP contribution in [0.2, 0.25) is 0 Å². The first-order valence-electron chi connectivity index (χ1n) is 9.44. The molecule has 0 saturated carbocycles. The molecule has 0 aliphatic carbocycles. The molecular weight excluding hydrogens is 328 g/mol. The first kappa shape index (κ1) is 17.1. The van der Waals surface area contributed by atoms with Crippen molar-refractivity contribution in [2.24, 2.45) is 7.05 Å². The zero-order chi connectivity index (χ0) is 17.9. The summed E-state index contributed by atoms with van der Waals surface area (Å²) in [6.07, 6.45) is 6.54. The normalized spacial score (nSPS) is 17.7. The Bertz CT molecular complexity index is 786. The highest BCUT2D eigenvalue weighted by molar-refractivity contribution is 5.93. The molecule has 1 fully saturated rings. The predicted molar refractivity (Wildman–Crippen MR) is 99.5 cm³/mol. The number of hydrogen-bond donors (Lipinski definition) is 0. The Morgan fingerprint density at radius 1 is 1.23 bits per heavy atom. The largest absolute Gasteiger partial charge is 0.493 e. The first-order chi connectivity index (χ1) is 12.7. The van der Waals surface area contributed by atoms with Gasteiger partial charge in [0.1, 0.15) is 5.75 Å². The van der Waals surface area contributed by atoms with Gasteiger partial charge in [-0.25, -0.2) is 0 Å². The second-order valence-corrected chi connectivity index (χ2v) is 7.18. The summed E-state index contributed by atoms with van der Waals surface area (Å²) < 4.78 is 7.26. The van der Waals surface area contributed by atoms with Crippen LogP contribution in [0.3, 0.4) is 0 Å². The summed E-state index contributed by atoms with van der Waals surface area (Å²) in [6.45, 7) is 5.43. The number of ether oxygens (including phenoxy) is 1. The molecule has 2 aliphatic heterocycles. The van der Waals surface area contributed by atoms with Crippen LogP contribution in [0.15, 0.2) is 30.6 Å². The second-order valence-electron chi connectivity index (χ2n) is 7.18. The van der Waals surface area contributed by atoms with Crippen LogP contribution in [0.1, 0.15) is 27.9 Å². The lowest BCUT2D eigenvalue weighted by Gasteiger charge is -2.21. The number of nitrogens with zero attached hydrogens (tertiary/aromatic N) is 4. The van der Waals surface area contributed by atoms with Gasteiger partial charge in [-0.15, -0.1) is 0 Å². The maximum Gasteiger partial charge on any atom is 0.257 e. The van der Waals surface area contributed by atoms with E-state index in [1.165, 1.54) is 11.1 Å². The number of aryl methyl sites for hydroxylation is 1. The fraction of sp³-hybridized carbons (Fsp3) is 0.500. The van der Waals surface area contributed by atoms with Gasteiger partial charge in [-0.3, -0.25) is 9.48 Å².